The highest BCUT2D eigenvalue weighted by molar-refractivity contribution is 7.99. The van der Waals surface area contributed by atoms with E-state index >= 15 is 0 Å². The Labute approximate surface area is 269 Å². The van der Waals surface area contributed by atoms with Crippen molar-refractivity contribution < 1.29 is 23.9 Å². The van der Waals surface area contributed by atoms with Crippen LogP contribution in [-0.4, -0.2) is 88.2 Å². The Morgan fingerprint density at radius 2 is 1.91 bits per heavy atom. The molecule has 1 aromatic rings. The van der Waals surface area contributed by atoms with E-state index in [9.17, 15) is 24.0 Å². The maximum atomic E-state index is 13.5. The van der Waals surface area contributed by atoms with Crippen molar-refractivity contribution in [3.63, 3.8) is 0 Å². The Morgan fingerprint density at radius 3 is 2.60 bits per heavy atom. The summed E-state index contributed by atoms with van der Waals surface area (Å²) in [6, 6.07) is 1.25. The van der Waals surface area contributed by atoms with Crippen molar-refractivity contribution in [2.24, 2.45) is 5.92 Å². The van der Waals surface area contributed by atoms with Crippen LogP contribution in [0.3, 0.4) is 0 Å². The summed E-state index contributed by atoms with van der Waals surface area (Å²) in [5.74, 6) is -0.169. The van der Waals surface area contributed by atoms with Crippen molar-refractivity contribution in [1.29, 1.82) is 0 Å². The molecule has 3 fully saturated rings. The van der Waals surface area contributed by atoms with Gasteiger partial charge in [-0.3, -0.25) is 23.9 Å². The maximum absolute atomic E-state index is 13.5. The van der Waals surface area contributed by atoms with Gasteiger partial charge < -0.3 is 30.2 Å². The molecule has 2 aliphatic heterocycles. The molecule has 3 heterocycles. The molecule has 2 saturated carbocycles. The zero-order valence-electron chi connectivity index (χ0n) is 26.9. The highest BCUT2D eigenvalue weighted by atomic mass is 32.2. The van der Waals surface area contributed by atoms with Gasteiger partial charge in [0.1, 0.15) is 17.6 Å². The first-order valence-corrected chi connectivity index (χ1v) is 16.9. The number of hydrogen-bond donors (Lipinski definition) is 4. The Kier molecular flexibility index (Phi) is 11.6. The van der Waals surface area contributed by atoms with Crippen LogP contribution >= 0.6 is 11.9 Å². The van der Waals surface area contributed by atoms with Gasteiger partial charge in [0.05, 0.1) is 6.61 Å². The fourth-order valence-electron chi connectivity index (χ4n) is 5.57. The summed E-state index contributed by atoms with van der Waals surface area (Å²) in [7, 11) is 3.28. The number of aromatic amines is 1. The molecule has 1 saturated heterocycles. The van der Waals surface area contributed by atoms with Crippen LogP contribution in [0.5, 0.6) is 5.88 Å². The van der Waals surface area contributed by atoms with Gasteiger partial charge in [0.2, 0.25) is 11.8 Å². The standard InChI is InChI=1S/C25H39N5O4S.C7H9NO2/c1-24(13-14-24)35-28-22(33)25-16-17(25)10-7-5-4-6-8-11-18(26-23(34)29(2)3)21(32)30-15-9-12-19(30)20(31)27-25;1-2-10-7-5-6(9)3-4-8-7/h7,10,17-19H,4-6,8-9,11-16H2,1-3H3,(H,26,34)(H,27,31)(H,28,33);3-5H,2H2,1H3,(H,8,9)/b10-7-;/t17?,18-,19-,25+;/m0./s1. The molecule has 12 nitrogen and oxygen atoms in total. The summed E-state index contributed by atoms with van der Waals surface area (Å²) in [5.41, 5.74) is -0.996. The monoisotopic (exact) mass is 644 g/mol. The number of hydrogen-bond acceptors (Lipinski definition) is 7. The highest BCUT2D eigenvalue weighted by Gasteiger charge is 2.61. The number of aromatic nitrogens is 1. The normalized spacial score (nSPS) is 27.9. The number of allylic oxidation sites excluding steroid dienone is 1. The van der Waals surface area contributed by atoms with Gasteiger partial charge in [-0.15, -0.1) is 0 Å². The number of amides is 5. The lowest BCUT2D eigenvalue weighted by molar-refractivity contribution is -0.141. The van der Waals surface area contributed by atoms with Crippen LogP contribution < -0.4 is 25.5 Å². The predicted octanol–water partition coefficient (Wildman–Crippen LogP) is 3.10. The molecule has 0 bridgehead atoms. The number of nitrogens with one attached hydrogen (secondary N) is 4. The van der Waals surface area contributed by atoms with E-state index in [-0.39, 0.29) is 39.8 Å². The van der Waals surface area contributed by atoms with E-state index in [1.54, 1.807) is 25.2 Å². The molecule has 5 amide bonds. The SMILES string of the molecule is CCOc1cc(=O)cc[nH]1.CN(C)C(=O)N[C@H]1CCCCC/C=C\C2C[C@@]2(C(=O)NSC2(C)CC2)NC(=O)[C@@H]2CCCN2C1=O. The van der Waals surface area contributed by atoms with Crippen LogP contribution in [0.15, 0.2) is 35.3 Å². The smallest absolute Gasteiger partial charge is 0.317 e. The molecule has 248 valence electrons. The zero-order chi connectivity index (χ0) is 32.6. The molecular weight excluding hydrogens is 596 g/mol. The van der Waals surface area contributed by atoms with Crippen molar-refractivity contribution in [1.82, 2.24) is 30.1 Å². The summed E-state index contributed by atoms with van der Waals surface area (Å²) < 4.78 is 8.13. The molecule has 4 aliphatic rings. The molecule has 0 aromatic carbocycles. The van der Waals surface area contributed by atoms with E-state index < -0.39 is 17.6 Å². The number of fused-ring (bicyclic) bond motifs is 2. The lowest BCUT2D eigenvalue weighted by Crippen LogP contribution is -2.57. The van der Waals surface area contributed by atoms with E-state index in [1.807, 2.05) is 6.92 Å². The van der Waals surface area contributed by atoms with Crippen LogP contribution in [0.2, 0.25) is 0 Å². The average Bonchev–Trinajstić information content (AvgIpc) is 3.85. The van der Waals surface area contributed by atoms with E-state index in [2.05, 4.69) is 39.4 Å². The molecule has 4 N–H and O–H groups in total. The van der Waals surface area contributed by atoms with Gasteiger partial charge >= 0.3 is 6.03 Å². The van der Waals surface area contributed by atoms with E-state index in [1.165, 1.54) is 29.0 Å². The van der Waals surface area contributed by atoms with Crippen molar-refractivity contribution >= 4 is 35.7 Å². The van der Waals surface area contributed by atoms with Crippen molar-refractivity contribution in [2.45, 2.75) is 100 Å². The average molecular weight is 645 g/mol. The lowest BCUT2D eigenvalue weighted by atomic mass is 10.0. The van der Waals surface area contributed by atoms with Crippen molar-refractivity contribution in [3.05, 3.63) is 40.7 Å². The first-order chi connectivity index (χ1) is 21.5. The second-order valence-electron chi connectivity index (χ2n) is 12.7. The van der Waals surface area contributed by atoms with Crippen LogP contribution in [0.4, 0.5) is 4.79 Å². The third-order valence-electron chi connectivity index (χ3n) is 8.73. The highest BCUT2D eigenvalue weighted by Crippen LogP contribution is 2.49. The minimum Gasteiger partial charge on any atom is -0.479 e. The fraction of sp³-hybridized carbons (Fsp3) is 0.656. The van der Waals surface area contributed by atoms with Gasteiger partial charge in [0.15, 0.2) is 11.3 Å². The molecule has 0 radical (unpaired) electrons. The van der Waals surface area contributed by atoms with E-state index in [0.29, 0.717) is 38.3 Å². The van der Waals surface area contributed by atoms with Gasteiger partial charge in [-0.25, -0.2) is 4.79 Å². The largest absolute Gasteiger partial charge is 0.479 e. The number of ether oxygens (including phenoxy) is 1. The Bertz CT molecular complexity index is 1310. The molecule has 13 heteroatoms. The summed E-state index contributed by atoms with van der Waals surface area (Å²) in [5, 5.41) is 5.90. The molecule has 1 unspecified atom stereocenters. The quantitative estimate of drug-likeness (QED) is 0.274. The second kappa shape index (κ2) is 15.2. The van der Waals surface area contributed by atoms with Gasteiger partial charge in [0, 0.05) is 49.6 Å². The summed E-state index contributed by atoms with van der Waals surface area (Å²) in [6.07, 6.45) is 13.9. The molecule has 45 heavy (non-hydrogen) atoms. The zero-order valence-corrected chi connectivity index (χ0v) is 27.7. The molecule has 0 spiro atoms. The van der Waals surface area contributed by atoms with Crippen LogP contribution in [-0.2, 0) is 14.4 Å². The first kappa shape index (κ1) is 34.4. The minimum absolute atomic E-state index is 0.0396. The molecule has 5 rings (SSSR count). The Hall–Kier alpha value is -3.48. The second-order valence-corrected chi connectivity index (χ2v) is 14.1. The Morgan fingerprint density at radius 1 is 1.13 bits per heavy atom. The molecule has 4 atom stereocenters. The number of H-pyrrole nitrogens is 1. The fourth-order valence-corrected chi connectivity index (χ4v) is 6.40. The maximum Gasteiger partial charge on any atom is 0.317 e. The lowest BCUT2D eigenvalue weighted by Gasteiger charge is -2.30. The van der Waals surface area contributed by atoms with Gasteiger partial charge in [0.25, 0.3) is 5.91 Å². The van der Waals surface area contributed by atoms with Gasteiger partial charge in [-0.05, 0) is 77.2 Å². The molecule has 1 aromatic heterocycles. The predicted molar refractivity (Wildman–Crippen MR) is 174 cm³/mol. The number of urea groups is 1. The third-order valence-corrected chi connectivity index (χ3v) is 9.92. The third kappa shape index (κ3) is 9.27. The van der Waals surface area contributed by atoms with E-state index in [4.69, 9.17) is 4.74 Å². The van der Waals surface area contributed by atoms with Crippen LogP contribution in [0.1, 0.15) is 78.1 Å². The first-order valence-electron chi connectivity index (χ1n) is 16.0. The summed E-state index contributed by atoms with van der Waals surface area (Å²) in [4.78, 5) is 69.1. The Balaban J connectivity index is 0.000000392. The number of carbonyl (C=O) groups is 4. The van der Waals surface area contributed by atoms with Crippen molar-refractivity contribution in [3.8, 4) is 5.88 Å². The van der Waals surface area contributed by atoms with Gasteiger partial charge in [-0.1, -0.05) is 25.0 Å². The number of carbonyl (C=O) groups excluding carboxylic acids is 4. The van der Waals surface area contributed by atoms with E-state index in [0.717, 1.165) is 44.9 Å². The number of rotatable bonds is 6. The minimum atomic E-state index is -0.956. The van der Waals surface area contributed by atoms with Crippen LogP contribution in [0.25, 0.3) is 0 Å². The molecule has 2 aliphatic carbocycles. The van der Waals surface area contributed by atoms with Crippen LogP contribution in [0, 0.1) is 5.92 Å². The summed E-state index contributed by atoms with van der Waals surface area (Å²) >= 11 is 1.45. The molecular formula is C32H48N6O6S. The van der Waals surface area contributed by atoms with Gasteiger partial charge in [-0.2, -0.15) is 0 Å². The summed E-state index contributed by atoms with van der Waals surface area (Å²) in [6.45, 7) is 5.04. The topological polar surface area (TPSA) is 153 Å². The van der Waals surface area contributed by atoms with Crippen molar-refractivity contribution in [2.75, 3.05) is 27.2 Å². The number of pyridine rings is 1. The number of nitrogens with zero attached hydrogens (tertiary/aromatic N) is 2.